The molecule has 0 unspecified atom stereocenters. The van der Waals surface area contributed by atoms with Gasteiger partial charge in [-0.05, 0) is 29.8 Å². The third-order valence-electron chi connectivity index (χ3n) is 4.47. The van der Waals surface area contributed by atoms with Crippen molar-refractivity contribution < 1.29 is 9.53 Å². The Hall–Kier alpha value is -2.79. The molecule has 136 valence electrons. The number of anilines is 1. The van der Waals surface area contributed by atoms with Gasteiger partial charge in [0.15, 0.2) is 0 Å². The molecule has 0 bridgehead atoms. The summed E-state index contributed by atoms with van der Waals surface area (Å²) in [6.07, 6.45) is 4.32. The smallest absolute Gasteiger partial charge is 0.321 e. The number of carbonyl (C=O) groups excluding carboxylic acids is 1. The summed E-state index contributed by atoms with van der Waals surface area (Å²) in [6, 6.07) is 17.6. The van der Waals surface area contributed by atoms with Crippen LogP contribution in [0.4, 0.5) is 10.5 Å². The maximum Gasteiger partial charge on any atom is 0.321 e. The van der Waals surface area contributed by atoms with Gasteiger partial charge < -0.3 is 15.0 Å². The third kappa shape index (κ3) is 5.10. The molecule has 0 aromatic heterocycles. The van der Waals surface area contributed by atoms with E-state index < -0.39 is 0 Å². The van der Waals surface area contributed by atoms with Gasteiger partial charge in [-0.15, -0.1) is 0 Å². The Balaban J connectivity index is 1.42. The van der Waals surface area contributed by atoms with Crippen LogP contribution in [0, 0.1) is 0 Å². The van der Waals surface area contributed by atoms with Gasteiger partial charge in [0.05, 0.1) is 7.11 Å². The second kappa shape index (κ2) is 9.06. The quantitative estimate of drug-likeness (QED) is 0.896. The molecule has 0 saturated carbocycles. The first kappa shape index (κ1) is 18.0. The van der Waals surface area contributed by atoms with Crippen LogP contribution in [0.1, 0.15) is 5.56 Å². The van der Waals surface area contributed by atoms with Crippen molar-refractivity contribution in [3.8, 4) is 5.75 Å². The molecule has 0 spiro atoms. The molecule has 0 radical (unpaired) electrons. The van der Waals surface area contributed by atoms with Crippen molar-refractivity contribution >= 4 is 17.8 Å². The number of amides is 2. The van der Waals surface area contributed by atoms with E-state index in [0.29, 0.717) is 0 Å². The predicted molar refractivity (Wildman–Crippen MR) is 106 cm³/mol. The Morgan fingerprint density at radius 2 is 1.73 bits per heavy atom. The number of urea groups is 1. The van der Waals surface area contributed by atoms with Crippen LogP contribution < -0.4 is 10.1 Å². The van der Waals surface area contributed by atoms with E-state index in [1.807, 2.05) is 47.4 Å². The Kier molecular flexibility index (Phi) is 6.28. The third-order valence-corrected chi connectivity index (χ3v) is 4.47. The van der Waals surface area contributed by atoms with E-state index in [9.17, 15) is 4.79 Å². The standard InChI is InChI=1S/C21H25N3O2/c1-26-20-11-9-19(10-12-20)22-21(25)24-16-14-23(15-17-24)13-5-8-18-6-3-2-4-7-18/h2-12H,13-17H2,1H3,(H,22,25). The average molecular weight is 351 g/mol. The fourth-order valence-corrected chi connectivity index (χ4v) is 2.91. The number of methoxy groups -OCH3 is 1. The maximum atomic E-state index is 12.4. The lowest BCUT2D eigenvalue weighted by molar-refractivity contribution is 0.156. The Labute approximate surface area is 154 Å². The fourth-order valence-electron chi connectivity index (χ4n) is 2.91. The molecular weight excluding hydrogens is 326 g/mol. The van der Waals surface area contributed by atoms with Crippen molar-refractivity contribution in [2.24, 2.45) is 0 Å². The van der Waals surface area contributed by atoms with Gasteiger partial charge in [0.25, 0.3) is 0 Å². The first-order valence-corrected chi connectivity index (χ1v) is 8.88. The number of nitrogens with zero attached hydrogens (tertiary/aromatic N) is 2. The van der Waals surface area contributed by atoms with Crippen molar-refractivity contribution in [1.29, 1.82) is 0 Å². The topological polar surface area (TPSA) is 44.8 Å². The Morgan fingerprint density at radius 1 is 1.04 bits per heavy atom. The van der Waals surface area contributed by atoms with Gasteiger partial charge >= 0.3 is 6.03 Å². The minimum Gasteiger partial charge on any atom is -0.497 e. The number of benzene rings is 2. The highest BCUT2D eigenvalue weighted by Gasteiger charge is 2.20. The van der Waals surface area contributed by atoms with Crippen LogP contribution in [-0.2, 0) is 0 Å². The molecule has 1 aliphatic rings. The van der Waals surface area contributed by atoms with Crippen LogP contribution in [0.5, 0.6) is 5.75 Å². The van der Waals surface area contributed by atoms with Crippen molar-refractivity contribution in [2.75, 3.05) is 45.2 Å². The molecule has 2 aromatic carbocycles. The van der Waals surface area contributed by atoms with Crippen molar-refractivity contribution in [2.45, 2.75) is 0 Å². The molecular formula is C21H25N3O2. The maximum absolute atomic E-state index is 12.4. The number of piperazine rings is 1. The van der Waals surface area contributed by atoms with E-state index in [0.717, 1.165) is 44.2 Å². The molecule has 5 heteroatoms. The number of rotatable bonds is 5. The SMILES string of the molecule is COc1ccc(NC(=O)N2CCN(CC=Cc3ccccc3)CC2)cc1. The van der Waals surface area contributed by atoms with Gasteiger partial charge in [-0.2, -0.15) is 0 Å². The number of ether oxygens (including phenoxy) is 1. The van der Waals surface area contributed by atoms with Crippen molar-refractivity contribution in [1.82, 2.24) is 9.80 Å². The second-order valence-corrected chi connectivity index (χ2v) is 6.26. The first-order chi connectivity index (χ1) is 12.7. The molecule has 1 aliphatic heterocycles. The van der Waals surface area contributed by atoms with Crippen LogP contribution in [0.2, 0.25) is 0 Å². The molecule has 3 rings (SSSR count). The summed E-state index contributed by atoms with van der Waals surface area (Å²) in [5, 5.41) is 2.94. The van der Waals surface area contributed by atoms with E-state index >= 15 is 0 Å². The highest BCUT2D eigenvalue weighted by Crippen LogP contribution is 2.16. The lowest BCUT2D eigenvalue weighted by atomic mass is 10.2. The molecule has 2 aromatic rings. The average Bonchev–Trinajstić information content (AvgIpc) is 2.70. The first-order valence-electron chi connectivity index (χ1n) is 8.88. The van der Waals surface area contributed by atoms with E-state index in [1.165, 1.54) is 5.56 Å². The molecule has 1 fully saturated rings. The van der Waals surface area contributed by atoms with Gasteiger partial charge in [0.2, 0.25) is 0 Å². The zero-order chi connectivity index (χ0) is 18.2. The summed E-state index contributed by atoms with van der Waals surface area (Å²) in [6.45, 7) is 4.15. The van der Waals surface area contributed by atoms with Crippen molar-refractivity contribution in [3.05, 3.63) is 66.2 Å². The Bertz CT molecular complexity index is 721. The summed E-state index contributed by atoms with van der Waals surface area (Å²) in [5.74, 6) is 0.778. The largest absolute Gasteiger partial charge is 0.497 e. The highest BCUT2D eigenvalue weighted by molar-refractivity contribution is 5.89. The van der Waals surface area contributed by atoms with Gasteiger partial charge in [-0.25, -0.2) is 4.79 Å². The van der Waals surface area contributed by atoms with Crippen LogP contribution >= 0.6 is 0 Å². The van der Waals surface area contributed by atoms with Gasteiger partial charge in [-0.3, -0.25) is 4.90 Å². The van der Waals surface area contributed by atoms with E-state index in [4.69, 9.17) is 4.74 Å². The normalized spacial score (nSPS) is 15.2. The predicted octanol–water partition coefficient (Wildman–Crippen LogP) is 3.56. The van der Waals surface area contributed by atoms with Crippen LogP contribution in [0.3, 0.4) is 0 Å². The zero-order valence-electron chi connectivity index (χ0n) is 15.1. The number of carbonyl (C=O) groups is 1. The molecule has 2 amide bonds. The molecule has 0 atom stereocenters. The monoisotopic (exact) mass is 351 g/mol. The summed E-state index contributed by atoms with van der Waals surface area (Å²) in [4.78, 5) is 16.6. The van der Waals surface area contributed by atoms with Gasteiger partial charge in [0.1, 0.15) is 5.75 Å². The molecule has 1 saturated heterocycles. The zero-order valence-corrected chi connectivity index (χ0v) is 15.1. The van der Waals surface area contributed by atoms with E-state index in [2.05, 4.69) is 34.5 Å². The van der Waals surface area contributed by atoms with Gasteiger partial charge in [0, 0.05) is 38.4 Å². The van der Waals surface area contributed by atoms with Crippen LogP contribution in [0.25, 0.3) is 6.08 Å². The summed E-state index contributed by atoms with van der Waals surface area (Å²) in [5.41, 5.74) is 1.99. The molecule has 26 heavy (non-hydrogen) atoms. The summed E-state index contributed by atoms with van der Waals surface area (Å²) >= 11 is 0. The lowest BCUT2D eigenvalue weighted by Gasteiger charge is -2.34. The highest BCUT2D eigenvalue weighted by atomic mass is 16.5. The van der Waals surface area contributed by atoms with Crippen LogP contribution in [0.15, 0.2) is 60.7 Å². The van der Waals surface area contributed by atoms with Gasteiger partial charge in [-0.1, -0.05) is 42.5 Å². The van der Waals surface area contributed by atoms with Crippen LogP contribution in [-0.4, -0.2) is 55.7 Å². The summed E-state index contributed by atoms with van der Waals surface area (Å²) < 4.78 is 5.13. The molecule has 1 N–H and O–H groups in total. The minimum atomic E-state index is -0.0466. The lowest BCUT2D eigenvalue weighted by Crippen LogP contribution is -2.49. The number of nitrogens with one attached hydrogen (secondary N) is 1. The molecule has 1 heterocycles. The second-order valence-electron chi connectivity index (χ2n) is 6.26. The number of hydrogen-bond acceptors (Lipinski definition) is 3. The molecule has 5 nitrogen and oxygen atoms in total. The number of hydrogen-bond donors (Lipinski definition) is 1. The van der Waals surface area contributed by atoms with E-state index in [-0.39, 0.29) is 6.03 Å². The van der Waals surface area contributed by atoms with E-state index in [1.54, 1.807) is 7.11 Å². The summed E-state index contributed by atoms with van der Waals surface area (Å²) in [7, 11) is 1.63. The fraction of sp³-hybridized carbons (Fsp3) is 0.286. The Morgan fingerprint density at radius 3 is 2.38 bits per heavy atom. The van der Waals surface area contributed by atoms with Crippen molar-refractivity contribution in [3.63, 3.8) is 0 Å². The minimum absolute atomic E-state index is 0.0466. The molecule has 0 aliphatic carbocycles.